The molecule has 0 bridgehead atoms. The number of Topliss-reactive ketones (excluding diaryl/α,β-unsaturated/α-hetero) is 1. The van der Waals surface area contributed by atoms with Crippen molar-refractivity contribution in [1.29, 1.82) is 0 Å². The van der Waals surface area contributed by atoms with Gasteiger partial charge in [-0.05, 0) is 80.9 Å². The second kappa shape index (κ2) is 13.9. The van der Waals surface area contributed by atoms with Gasteiger partial charge < -0.3 is 9.47 Å². The molecule has 6 rings (SSSR count). The van der Waals surface area contributed by atoms with Crippen LogP contribution >= 0.6 is 23.2 Å². The highest BCUT2D eigenvalue weighted by Crippen LogP contribution is 2.41. The Kier molecular flexibility index (Phi) is 9.90. The Morgan fingerprint density at radius 2 is 1.28 bits per heavy atom. The van der Waals surface area contributed by atoms with Crippen LogP contribution in [0.2, 0.25) is 10.0 Å². The second-order valence-electron chi connectivity index (χ2n) is 11.3. The van der Waals surface area contributed by atoms with Gasteiger partial charge in [-0.2, -0.15) is 0 Å². The molecule has 0 amide bonds. The summed E-state index contributed by atoms with van der Waals surface area (Å²) < 4.78 is 28.7. The molecule has 0 N–H and O–H groups in total. The summed E-state index contributed by atoms with van der Waals surface area (Å²) in [5.41, 5.74) is 5.84. The van der Waals surface area contributed by atoms with E-state index < -0.39 is 5.82 Å². The lowest BCUT2D eigenvalue weighted by Crippen LogP contribution is -2.37. The van der Waals surface area contributed by atoms with Crippen LogP contribution in [0.25, 0.3) is 16.9 Å². The number of benzene rings is 4. The minimum Gasteiger partial charge on any atom is -0.339 e. The summed E-state index contributed by atoms with van der Waals surface area (Å²) in [4.78, 5) is 26.9. The maximum atomic E-state index is 13.4. The van der Waals surface area contributed by atoms with Crippen LogP contribution in [0, 0.1) is 31.4 Å². The van der Waals surface area contributed by atoms with E-state index >= 15 is 0 Å². The first-order valence-electron chi connectivity index (χ1n) is 14.7. The van der Waals surface area contributed by atoms with Crippen molar-refractivity contribution >= 4 is 34.7 Å². The molecule has 0 spiro atoms. The third-order valence-electron chi connectivity index (χ3n) is 8.08. The van der Waals surface area contributed by atoms with Gasteiger partial charge in [-0.1, -0.05) is 72.6 Å². The van der Waals surface area contributed by atoms with Crippen LogP contribution in [0.3, 0.4) is 0 Å². The van der Waals surface area contributed by atoms with E-state index in [2.05, 4.69) is 0 Å². The summed E-state index contributed by atoms with van der Waals surface area (Å²) in [6.45, 7) is 7.25. The molecule has 234 valence electrons. The van der Waals surface area contributed by atoms with Crippen LogP contribution in [-0.4, -0.2) is 10.4 Å². The van der Waals surface area contributed by atoms with Crippen molar-refractivity contribution in [3.05, 3.63) is 164 Å². The fourth-order valence-electron chi connectivity index (χ4n) is 5.80. The fraction of sp³-hybridized carbons (Fsp3) is 0.158. The molecule has 4 aromatic carbocycles. The largest absolute Gasteiger partial charge is 0.339 e. The Hall–Kier alpha value is -4.52. The van der Waals surface area contributed by atoms with Crippen LogP contribution in [0.15, 0.2) is 120 Å². The quantitative estimate of drug-likeness (QED) is 0.193. The standard InChI is InChI=1S/C19H17ClFNO.C19H15ClFNO/c2*1-12-11-22(15-6-4-3-5-7-15)18(13(2)19(12)23)16-9-8-14(21)10-17(16)20/h3-11,13,18H,1-2H3;3-11H,1-2H3. The summed E-state index contributed by atoms with van der Waals surface area (Å²) in [7, 11) is 0. The smallest absolute Gasteiger partial charge is 0.188 e. The average molecular weight is 658 g/mol. The molecule has 0 radical (unpaired) electrons. The zero-order valence-electron chi connectivity index (χ0n) is 25.8. The number of anilines is 1. The molecule has 2 unspecified atom stereocenters. The van der Waals surface area contributed by atoms with Crippen LogP contribution in [0.4, 0.5) is 14.5 Å². The molecule has 0 saturated heterocycles. The zero-order valence-corrected chi connectivity index (χ0v) is 27.3. The predicted octanol–water partition coefficient (Wildman–Crippen LogP) is 10.1. The van der Waals surface area contributed by atoms with Gasteiger partial charge >= 0.3 is 0 Å². The lowest BCUT2D eigenvalue weighted by molar-refractivity contribution is -0.119. The molecular weight excluding hydrogens is 625 g/mol. The molecule has 2 atom stereocenters. The molecule has 1 aromatic heterocycles. The number of para-hydroxylation sites is 2. The van der Waals surface area contributed by atoms with E-state index in [9.17, 15) is 18.4 Å². The van der Waals surface area contributed by atoms with E-state index in [4.69, 9.17) is 23.2 Å². The summed E-state index contributed by atoms with van der Waals surface area (Å²) in [6.07, 6.45) is 3.64. The molecule has 0 saturated carbocycles. The number of aromatic nitrogens is 1. The van der Waals surface area contributed by atoms with E-state index in [0.717, 1.165) is 16.9 Å². The minimum absolute atomic E-state index is 0.0347. The average Bonchev–Trinajstić information content (AvgIpc) is 3.04. The number of aryl methyl sites for hydroxylation is 1. The van der Waals surface area contributed by atoms with Crippen LogP contribution in [0.1, 0.15) is 36.6 Å². The van der Waals surface area contributed by atoms with E-state index in [1.165, 1.54) is 24.3 Å². The van der Waals surface area contributed by atoms with E-state index in [-0.39, 0.29) is 34.0 Å². The molecule has 46 heavy (non-hydrogen) atoms. The predicted molar refractivity (Wildman–Crippen MR) is 183 cm³/mol. The van der Waals surface area contributed by atoms with Gasteiger partial charge in [-0.3, -0.25) is 9.59 Å². The van der Waals surface area contributed by atoms with Crippen LogP contribution in [0.5, 0.6) is 0 Å². The van der Waals surface area contributed by atoms with Gasteiger partial charge in [-0.25, -0.2) is 8.78 Å². The Bertz CT molecular complexity index is 1990. The summed E-state index contributed by atoms with van der Waals surface area (Å²) in [6, 6.07) is 27.8. The number of nitrogens with zero attached hydrogens (tertiary/aromatic N) is 2. The third kappa shape index (κ3) is 6.69. The highest BCUT2D eigenvalue weighted by molar-refractivity contribution is 6.33. The normalized spacial score (nSPS) is 16.0. The summed E-state index contributed by atoms with van der Waals surface area (Å²) >= 11 is 12.5. The van der Waals surface area contributed by atoms with Gasteiger partial charge in [0.05, 0.1) is 16.8 Å². The zero-order chi connectivity index (χ0) is 33.1. The lowest BCUT2D eigenvalue weighted by atomic mass is 9.84. The number of carbonyl (C=O) groups excluding carboxylic acids is 1. The second-order valence-corrected chi connectivity index (χ2v) is 12.1. The van der Waals surface area contributed by atoms with Crippen molar-refractivity contribution in [2.45, 2.75) is 33.7 Å². The van der Waals surface area contributed by atoms with Crippen molar-refractivity contribution in [3.8, 4) is 16.9 Å². The topological polar surface area (TPSA) is 42.3 Å². The molecular formula is C38H32Cl2F2N2O2. The van der Waals surface area contributed by atoms with E-state index in [1.54, 1.807) is 32.2 Å². The highest BCUT2D eigenvalue weighted by Gasteiger charge is 2.36. The summed E-state index contributed by atoms with van der Waals surface area (Å²) in [5, 5.41) is 0.615. The van der Waals surface area contributed by atoms with Crippen molar-refractivity contribution < 1.29 is 13.6 Å². The van der Waals surface area contributed by atoms with Gasteiger partial charge in [0, 0.05) is 57.0 Å². The maximum absolute atomic E-state index is 13.4. The monoisotopic (exact) mass is 656 g/mol. The number of allylic oxidation sites excluding steroid dienone is 1. The van der Waals surface area contributed by atoms with Gasteiger partial charge in [0.25, 0.3) is 0 Å². The first kappa shape index (κ1) is 32.9. The van der Waals surface area contributed by atoms with E-state index in [1.807, 2.05) is 90.2 Å². The molecule has 1 aliphatic rings. The van der Waals surface area contributed by atoms with Crippen molar-refractivity contribution in [3.63, 3.8) is 0 Å². The highest BCUT2D eigenvalue weighted by atomic mass is 35.5. The molecule has 2 heterocycles. The third-order valence-corrected chi connectivity index (χ3v) is 8.72. The Balaban J connectivity index is 0.000000181. The Morgan fingerprint density at radius 1 is 0.717 bits per heavy atom. The first-order chi connectivity index (χ1) is 22.0. The van der Waals surface area contributed by atoms with Crippen LogP contribution in [-0.2, 0) is 4.79 Å². The van der Waals surface area contributed by atoms with Gasteiger partial charge in [-0.15, -0.1) is 0 Å². The minimum atomic E-state index is -0.405. The fourth-order valence-corrected chi connectivity index (χ4v) is 6.33. The molecule has 4 nitrogen and oxygen atoms in total. The van der Waals surface area contributed by atoms with Crippen LogP contribution < -0.4 is 10.3 Å². The van der Waals surface area contributed by atoms with Crippen molar-refractivity contribution in [2.75, 3.05) is 4.90 Å². The number of hydrogen-bond acceptors (Lipinski definition) is 3. The molecule has 1 aliphatic heterocycles. The Morgan fingerprint density at radius 3 is 1.87 bits per heavy atom. The lowest BCUT2D eigenvalue weighted by Gasteiger charge is -2.39. The number of ketones is 1. The van der Waals surface area contributed by atoms with Gasteiger partial charge in [0.2, 0.25) is 0 Å². The molecule has 0 aliphatic carbocycles. The van der Waals surface area contributed by atoms with Crippen molar-refractivity contribution in [2.24, 2.45) is 5.92 Å². The van der Waals surface area contributed by atoms with Crippen molar-refractivity contribution in [1.82, 2.24) is 4.57 Å². The molecule has 5 aromatic rings. The van der Waals surface area contributed by atoms with Gasteiger partial charge in [0.15, 0.2) is 11.2 Å². The van der Waals surface area contributed by atoms with Gasteiger partial charge in [0.1, 0.15) is 11.6 Å². The number of pyridine rings is 1. The number of halogens is 4. The van der Waals surface area contributed by atoms with E-state index in [0.29, 0.717) is 33.0 Å². The summed E-state index contributed by atoms with van der Waals surface area (Å²) in [5.74, 6) is -0.977. The SMILES string of the molecule is CC1=CN(c2ccccc2)C(c2ccc(F)cc2Cl)C(C)C1=O.Cc1cn(-c2ccccc2)c(-c2ccc(F)cc2Cl)c(C)c1=O. The first-order valence-corrected chi connectivity index (χ1v) is 15.5. The number of carbonyl (C=O) groups is 1. The number of rotatable bonds is 4. The molecule has 0 fully saturated rings. The Labute approximate surface area is 277 Å². The molecule has 8 heteroatoms. The number of hydrogen-bond donors (Lipinski definition) is 0. The maximum Gasteiger partial charge on any atom is 0.188 e.